The zero-order valence-electron chi connectivity index (χ0n) is 11.4. The maximum Gasteiger partial charge on any atom is 0.126 e. The molecule has 1 heterocycles. The maximum atomic E-state index is 4.68. The Bertz CT molecular complexity index is 561. The summed E-state index contributed by atoms with van der Waals surface area (Å²) in [5, 5.41) is 8.25. The number of anilines is 1. The van der Waals surface area contributed by atoms with Gasteiger partial charge in [0, 0.05) is 24.5 Å². The lowest BCUT2D eigenvalue weighted by Crippen LogP contribution is -2.16. The van der Waals surface area contributed by atoms with Gasteiger partial charge in [0.2, 0.25) is 0 Å². The summed E-state index contributed by atoms with van der Waals surface area (Å²) < 4.78 is 0. The van der Waals surface area contributed by atoms with Crippen LogP contribution >= 0.6 is 0 Å². The summed E-state index contributed by atoms with van der Waals surface area (Å²) >= 11 is 0. The quantitative estimate of drug-likeness (QED) is 0.831. The minimum atomic E-state index is 0.735. The minimum absolute atomic E-state index is 0.735. The number of fused-ring (bicyclic) bond motifs is 1. The fraction of sp³-hybridized carbons (Fsp3) is 0.438. The van der Waals surface area contributed by atoms with Crippen LogP contribution in [0.4, 0.5) is 5.82 Å². The fourth-order valence-electron chi connectivity index (χ4n) is 2.28. The van der Waals surface area contributed by atoms with E-state index in [1.165, 1.54) is 23.8 Å². The lowest BCUT2D eigenvalue weighted by molar-refractivity contribution is 0.690. The van der Waals surface area contributed by atoms with Crippen LogP contribution in [0.3, 0.4) is 0 Å². The highest BCUT2D eigenvalue weighted by Gasteiger charge is 2.20. The van der Waals surface area contributed by atoms with E-state index in [0.717, 1.165) is 36.9 Å². The number of nitrogens with zero attached hydrogens (tertiary/aromatic N) is 1. The molecule has 0 amide bonds. The lowest BCUT2D eigenvalue weighted by Gasteiger charge is -2.11. The van der Waals surface area contributed by atoms with Crippen molar-refractivity contribution in [1.29, 1.82) is 0 Å². The van der Waals surface area contributed by atoms with Crippen molar-refractivity contribution in [2.24, 2.45) is 0 Å². The number of aromatic nitrogens is 1. The molecule has 0 atom stereocenters. The second-order valence-corrected chi connectivity index (χ2v) is 5.27. The van der Waals surface area contributed by atoms with Crippen LogP contribution in [-0.4, -0.2) is 17.6 Å². The van der Waals surface area contributed by atoms with Crippen molar-refractivity contribution in [2.75, 3.05) is 11.9 Å². The standard InChI is InChI=1S/C16H21N3/c1-2-9-17-16-10-12(11-18-13-7-8-13)14-5-3-4-6-15(14)19-16/h3-6,10,13,18H,2,7-9,11H2,1H3,(H,17,19). The predicted molar refractivity (Wildman–Crippen MR) is 80.4 cm³/mol. The zero-order valence-corrected chi connectivity index (χ0v) is 11.4. The molecule has 0 saturated heterocycles. The molecule has 0 radical (unpaired) electrons. The summed E-state index contributed by atoms with van der Waals surface area (Å²) in [5.74, 6) is 0.994. The fourth-order valence-corrected chi connectivity index (χ4v) is 2.28. The van der Waals surface area contributed by atoms with Crippen LogP contribution in [0, 0.1) is 0 Å². The molecule has 0 unspecified atom stereocenters. The van der Waals surface area contributed by atoms with Gasteiger partial charge < -0.3 is 10.6 Å². The van der Waals surface area contributed by atoms with E-state index in [9.17, 15) is 0 Å². The van der Waals surface area contributed by atoms with Crippen molar-refractivity contribution >= 4 is 16.7 Å². The molecule has 3 rings (SSSR count). The third-order valence-electron chi connectivity index (χ3n) is 3.52. The van der Waals surface area contributed by atoms with E-state index >= 15 is 0 Å². The van der Waals surface area contributed by atoms with Crippen LogP contribution in [-0.2, 0) is 6.54 Å². The van der Waals surface area contributed by atoms with Crippen LogP contribution in [0.15, 0.2) is 30.3 Å². The molecule has 1 aliphatic rings. The molecular weight excluding hydrogens is 234 g/mol. The Morgan fingerprint density at radius 3 is 2.89 bits per heavy atom. The average Bonchev–Trinajstić information content (AvgIpc) is 3.26. The van der Waals surface area contributed by atoms with Gasteiger partial charge in [-0.3, -0.25) is 0 Å². The van der Waals surface area contributed by atoms with E-state index in [2.05, 4.69) is 52.9 Å². The van der Waals surface area contributed by atoms with E-state index < -0.39 is 0 Å². The van der Waals surface area contributed by atoms with E-state index in [-0.39, 0.29) is 0 Å². The highest BCUT2D eigenvalue weighted by molar-refractivity contribution is 5.84. The van der Waals surface area contributed by atoms with Gasteiger partial charge in [-0.2, -0.15) is 0 Å². The first kappa shape index (κ1) is 12.4. The number of para-hydroxylation sites is 1. The molecule has 2 N–H and O–H groups in total. The number of hydrogen-bond donors (Lipinski definition) is 2. The third-order valence-corrected chi connectivity index (χ3v) is 3.52. The van der Waals surface area contributed by atoms with Crippen LogP contribution in [0.5, 0.6) is 0 Å². The predicted octanol–water partition coefficient (Wildman–Crippen LogP) is 3.31. The lowest BCUT2D eigenvalue weighted by atomic mass is 10.1. The molecule has 1 aromatic carbocycles. The summed E-state index contributed by atoms with van der Waals surface area (Å²) in [6.07, 6.45) is 3.76. The topological polar surface area (TPSA) is 37.0 Å². The molecule has 2 aromatic rings. The summed E-state index contributed by atoms with van der Waals surface area (Å²) in [4.78, 5) is 4.68. The van der Waals surface area contributed by atoms with Crippen molar-refractivity contribution in [3.05, 3.63) is 35.9 Å². The largest absolute Gasteiger partial charge is 0.370 e. The Labute approximate surface area is 114 Å². The first-order valence-electron chi connectivity index (χ1n) is 7.22. The molecule has 0 spiro atoms. The molecule has 0 aliphatic heterocycles. The van der Waals surface area contributed by atoms with Crippen molar-refractivity contribution in [3.8, 4) is 0 Å². The molecule has 1 aliphatic carbocycles. The summed E-state index contributed by atoms with van der Waals surface area (Å²) in [6, 6.07) is 11.3. The second-order valence-electron chi connectivity index (χ2n) is 5.27. The molecule has 1 fully saturated rings. The summed E-state index contributed by atoms with van der Waals surface area (Å²) in [5.41, 5.74) is 2.42. The Morgan fingerprint density at radius 1 is 1.26 bits per heavy atom. The summed E-state index contributed by atoms with van der Waals surface area (Å²) in [6.45, 7) is 4.08. The van der Waals surface area contributed by atoms with Crippen molar-refractivity contribution in [3.63, 3.8) is 0 Å². The Balaban J connectivity index is 1.90. The van der Waals surface area contributed by atoms with Crippen molar-refractivity contribution in [2.45, 2.75) is 38.8 Å². The molecule has 1 saturated carbocycles. The molecule has 0 bridgehead atoms. The first-order valence-corrected chi connectivity index (χ1v) is 7.22. The second kappa shape index (κ2) is 5.57. The molecule has 19 heavy (non-hydrogen) atoms. The van der Waals surface area contributed by atoms with E-state index in [4.69, 9.17) is 0 Å². The molecule has 1 aromatic heterocycles. The molecule has 100 valence electrons. The van der Waals surface area contributed by atoms with Gasteiger partial charge in [0.25, 0.3) is 0 Å². The molecule has 3 heteroatoms. The van der Waals surface area contributed by atoms with E-state index in [1.807, 2.05) is 0 Å². The van der Waals surface area contributed by atoms with Crippen molar-refractivity contribution in [1.82, 2.24) is 10.3 Å². The van der Waals surface area contributed by atoms with Gasteiger partial charge in [-0.25, -0.2) is 4.98 Å². The molecule has 3 nitrogen and oxygen atoms in total. The minimum Gasteiger partial charge on any atom is -0.370 e. The number of pyridine rings is 1. The van der Waals surface area contributed by atoms with Gasteiger partial charge in [-0.15, -0.1) is 0 Å². The van der Waals surface area contributed by atoms with Crippen LogP contribution < -0.4 is 10.6 Å². The number of hydrogen-bond acceptors (Lipinski definition) is 3. The Hall–Kier alpha value is -1.61. The van der Waals surface area contributed by atoms with E-state index in [1.54, 1.807) is 0 Å². The Kier molecular flexibility index (Phi) is 3.65. The number of rotatable bonds is 6. The van der Waals surface area contributed by atoms with Crippen molar-refractivity contribution < 1.29 is 0 Å². The normalized spacial score (nSPS) is 14.8. The number of benzene rings is 1. The van der Waals surface area contributed by atoms with Gasteiger partial charge in [-0.05, 0) is 37.0 Å². The van der Waals surface area contributed by atoms with Gasteiger partial charge in [-0.1, -0.05) is 25.1 Å². The van der Waals surface area contributed by atoms with Crippen LogP contribution in [0.2, 0.25) is 0 Å². The monoisotopic (exact) mass is 255 g/mol. The van der Waals surface area contributed by atoms with Gasteiger partial charge in [0.1, 0.15) is 5.82 Å². The zero-order chi connectivity index (χ0) is 13.1. The number of nitrogens with one attached hydrogen (secondary N) is 2. The smallest absolute Gasteiger partial charge is 0.126 e. The van der Waals surface area contributed by atoms with Crippen LogP contribution in [0.1, 0.15) is 31.7 Å². The van der Waals surface area contributed by atoms with Gasteiger partial charge in [0.15, 0.2) is 0 Å². The first-order chi connectivity index (χ1) is 9.36. The Morgan fingerprint density at radius 2 is 2.11 bits per heavy atom. The van der Waals surface area contributed by atoms with Gasteiger partial charge >= 0.3 is 0 Å². The SMILES string of the molecule is CCCNc1cc(CNC2CC2)c2ccccc2n1. The molecular formula is C16H21N3. The van der Waals surface area contributed by atoms with E-state index in [0.29, 0.717) is 0 Å². The average molecular weight is 255 g/mol. The highest BCUT2D eigenvalue weighted by atomic mass is 15.0. The summed E-state index contributed by atoms with van der Waals surface area (Å²) in [7, 11) is 0. The van der Waals surface area contributed by atoms with Crippen LogP contribution in [0.25, 0.3) is 10.9 Å². The highest BCUT2D eigenvalue weighted by Crippen LogP contribution is 2.23. The maximum absolute atomic E-state index is 4.68. The third kappa shape index (κ3) is 3.04. The van der Waals surface area contributed by atoms with Gasteiger partial charge in [0.05, 0.1) is 5.52 Å².